The van der Waals surface area contributed by atoms with E-state index in [0.717, 1.165) is 12.0 Å². The van der Waals surface area contributed by atoms with Crippen molar-refractivity contribution in [1.82, 2.24) is 4.31 Å². The van der Waals surface area contributed by atoms with Gasteiger partial charge in [0.1, 0.15) is 5.75 Å². The molecule has 1 aliphatic heterocycles. The van der Waals surface area contributed by atoms with Gasteiger partial charge in [-0.05, 0) is 43.9 Å². The number of rotatable bonds is 6. The molecule has 134 valence electrons. The Morgan fingerprint density at radius 1 is 1.42 bits per heavy atom. The second kappa shape index (κ2) is 7.98. The van der Waals surface area contributed by atoms with Gasteiger partial charge in [0.05, 0.1) is 17.4 Å². The van der Waals surface area contributed by atoms with Crippen LogP contribution in [-0.2, 0) is 14.8 Å². The molecule has 0 saturated carbocycles. The molecule has 0 radical (unpaired) electrons. The van der Waals surface area contributed by atoms with Crippen LogP contribution < -0.4 is 5.32 Å². The molecule has 0 bridgehead atoms. The summed E-state index contributed by atoms with van der Waals surface area (Å²) in [6.45, 7) is 4.52. The third-order valence-electron chi connectivity index (χ3n) is 4.31. The van der Waals surface area contributed by atoms with Crippen LogP contribution in [0.25, 0.3) is 0 Å². The number of hydrogen-bond acceptors (Lipinski definition) is 4. The maximum Gasteiger partial charge on any atom is 0.228 e. The standard InChI is InChI=1S/C17H26N2O4S/c1-3-4-10-24(22,23)19-9-5-6-14(12-19)17(21)18-15-11-13(2)7-8-16(15)20/h7-8,11,14,20H,3-6,9-10,12H2,1-2H3,(H,18,21)/t14-/m1/s1. The van der Waals surface area contributed by atoms with Gasteiger partial charge < -0.3 is 10.4 Å². The topological polar surface area (TPSA) is 86.7 Å². The van der Waals surface area contributed by atoms with Crippen molar-refractivity contribution in [3.05, 3.63) is 23.8 Å². The highest BCUT2D eigenvalue weighted by Crippen LogP contribution is 2.26. The summed E-state index contributed by atoms with van der Waals surface area (Å²) in [5.74, 6) is -0.491. The lowest BCUT2D eigenvalue weighted by Crippen LogP contribution is -2.44. The zero-order chi connectivity index (χ0) is 17.7. The van der Waals surface area contributed by atoms with Gasteiger partial charge in [-0.25, -0.2) is 12.7 Å². The van der Waals surface area contributed by atoms with Crippen molar-refractivity contribution in [2.75, 3.05) is 24.2 Å². The van der Waals surface area contributed by atoms with E-state index in [-0.39, 0.29) is 24.0 Å². The van der Waals surface area contributed by atoms with Crippen molar-refractivity contribution < 1.29 is 18.3 Å². The molecule has 6 nitrogen and oxygen atoms in total. The van der Waals surface area contributed by atoms with Gasteiger partial charge in [0, 0.05) is 13.1 Å². The number of sulfonamides is 1. The molecule has 2 N–H and O–H groups in total. The Kier molecular flexibility index (Phi) is 6.23. The Morgan fingerprint density at radius 2 is 2.17 bits per heavy atom. The lowest BCUT2D eigenvalue weighted by Gasteiger charge is -2.31. The van der Waals surface area contributed by atoms with Gasteiger partial charge in [-0.1, -0.05) is 19.4 Å². The van der Waals surface area contributed by atoms with Gasteiger partial charge in [0.2, 0.25) is 15.9 Å². The number of amides is 1. The normalized spacial score (nSPS) is 19.2. The second-order valence-corrected chi connectivity index (χ2v) is 8.47. The van der Waals surface area contributed by atoms with E-state index in [1.807, 2.05) is 13.8 Å². The fourth-order valence-corrected chi connectivity index (χ4v) is 4.58. The van der Waals surface area contributed by atoms with Crippen LogP contribution in [0.2, 0.25) is 0 Å². The lowest BCUT2D eigenvalue weighted by atomic mass is 9.98. The van der Waals surface area contributed by atoms with E-state index in [0.29, 0.717) is 31.5 Å². The molecule has 1 saturated heterocycles. The van der Waals surface area contributed by atoms with E-state index in [1.165, 1.54) is 10.4 Å². The van der Waals surface area contributed by atoms with Crippen LogP contribution >= 0.6 is 0 Å². The molecule has 1 heterocycles. The average Bonchev–Trinajstić information content (AvgIpc) is 2.56. The largest absolute Gasteiger partial charge is 0.506 e. The van der Waals surface area contributed by atoms with Crippen LogP contribution in [0.15, 0.2) is 18.2 Å². The minimum Gasteiger partial charge on any atom is -0.506 e. The molecule has 1 fully saturated rings. The van der Waals surface area contributed by atoms with Gasteiger partial charge in [0.25, 0.3) is 0 Å². The van der Waals surface area contributed by atoms with Crippen LogP contribution in [0.3, 0.4) is 0 Å². The lowest BCUT2D eigenvalue weighted by molar-refractivity contribution is -0.120. The second-order valence-electron chi connectivity index (χ2n) is 6.38. The summed E-state index contributed by atoms with van der Waals surface area (Å²) in [7, 11) is -3.30. The van der Waals surface area contributed by atoms with E-state index in [1.54, 1.807) is 12.1 Å². The minimum atomic E-state index is -3.30. The highest BCUT2D eigenvalue weighted by molar-refractivity contribution is 7.89. The molecule has 1 aromatic rings. The van der Waals surface area contributed by atoms with Crippen molar-refractivity contribution in [2.24, 2.45) is 5.92 Å². The molecule has 1 aliphatic rings. The Labute approximate surface area is 143 Å². The summed E-state index contributed by atoms with van der Waals surface area (Å²) in [5, 5.41) is 12.6. The molecule has 1 amide bonds. The van der Waals surface area contributed by atoms with Crippen molar-refractivity contribution in [1.29, 1.82) is 0 Å². The number of unbranched alkanes of at least 4 members (excludes halogenated alkanes) is 1. The van der Waals surface area contributed by atoms with Crippen LogP contribution in [0.1, 0.15) is 38.2 Å². The number of carbonyl (C=O) groups excluding carboxylic acids is 1. The van der Waals surface area contributed by atoms with Crippen LogP contribution in [0.4, 0.5) is 5.69 Å². The Bertz CT molecular complexity index is 688. The molecule has 0 aliphatic carbocycles. The number of phenols is 1. The molecule has 1 aromatic carbocycles. The molecule has 7 heteroatoms. The summed E-state index contributed by atoms with van der Waals surface area (Å²) in [4.78, 5) is 12.5. The fourth-order valence-electron chi connectivity index (χ4n) is 2.85. The van der Waals surface area contributed by atoms with E-state index < -0.39 is 15.9 Å². The molecule has 0 aromatic heterocycles. The maximum atomic E-state index is 12.5. The molecule has 1 atom stereocenters. The summed E-state index contributed by atoms with van der Waals surface area (Å²) in [6.07, 6.45) is 2.78. The van der Waals surface area contributed by atoms with Crippen LogP contribution in [0.5, 0.6) is 5.75 Å². The molecule has 24 heavy (non-hydrogen) atoms. The number of carbonyl (C=O) groups is 1. The maximum absolute atomic E-state index is 12.5. The number of anilines is 1. The monoisotopic (exact) mass is 354 g/mol. The minimum absolute atomic E-state index is 0.0113. The number of nitrogens with one attached hydrogen (secondary N) is 1. The van der Waals surface area contributed by atoms with Gasteiger partial charge in [0.15, 0.2) is 0 Å². The van der Waals surface area contributed by atoms with Crippen molar-refractivity contribution >= 4 is 21.6 Å². The van der Waals surface area contributed by atoms with E-state index in [4.69, 9.17) is 0 Å². The first kappa shape index (κ1) is 18.7. The van der Waals surface area contributed by atoms with Gasteiger partial charge in [-0.2, -0.15) is 0 Å². The number of piperidine rings is 1. The van der Waals surface area contributed by atoms with Gasteiger partial charge in [-0.3, -0.25) is 4.79 Å². The third-order valence-corrected chi connectivity index (χ3v) is 6.24. The number of hydrogen-bond donors (Lipinski definition) is 2. The van der Waals surface area contributed by atoms with E-state index in [2.05, 4.69) is 5.32 Å². The first-order valence-corrected chi connectivity index (χ1v) is 10.0. The number of benzene rings is 1. The first-order chi connectivity index (χ1) is 11.3. The number of nitrogens with zero attached hydrogens (tertiary/aromatic N) is 1. The first-order valence-electron chi connectivity index (χ1n) is 8.42. The predicted octanol–water partition coefficient (Wildman–Crippen LogP) is 2.48. The van der Waals surface area contributed by atoms with E-state index >= 15 is 0 Å². The molecular weight excluding hydrogens is 328 g/mol. The molecule has 2 rings (SSSR count). The zero-order valence-corrected chi connectivity index (χ0v) is 15.1. The van der Waals surface area contributed by atoms with Crippen molar-refractivity contribution in [3.63, 3.8) is 0 Å². The average molecular weight is 354 g/mol. The molecule has 0 unspecified atom stereocenters. The highest BCUT2D eigenvalue weighted by Gasteiger charge is 2.32. The smallest absolute Gasteiger partial charge is 0.228 e. The zero-order valence-electron chi connectivity index (χ0n) is 14.3. The van der Waals surface area contributed by atoms with Crippen LogP contribution in [0, 0.1) is 12.8 Å². The Balaban J connectivity index is 2.03. The third kappa shape index (κ3) is 4.70. The summed E-state index contributed by atoms with van der Waals surface area (Å²) in [6, 6.07) is 4.99. The van der Waals surface area contributed by atoms with Gasteiger partial charge in [-0.15, -0.1) is 0 Å². The number of phenolic OH excluding ortho intramolecular Hbond substituents is 1. The van der Waals surface area contributed by atoms with E-state index in [9.17, 15) is 18.3 Å². The summed E-state index contributed by atoms with van der Waals surface area (Å²) < 4.78 is 26.1. The predicted molar refractivity (Wildman–Crippen MR) is 94.5 cm³/mol. The Hall–Kier alpha value is -1.60. The fraction of sp³-hybridized carbons (Fsp3) is 0.588. The van der Waals surface area contributed by atoms with Gasteiger partial charge >= 0.3 is 0 Å². The quantitative estimate of drug-likeness (QED) is 0.769. The summed E-state index contributed by atoms with van der Waals surface area (Å²) in [5.41, 5.74) is 1.29. The highest BCUT2D eigenvalue weighted by atomic mass is 32.2. The molecular formula is C17H26N2O4S. The molecule has 0 spiro atoms. The number of aryl methyl sites for hydroxylation is 1. The number of aromatic hydroxyl groups is 1. The summed E-state index contributed by atoms with van der Waals surface area (Å²) >= 11 is 0. The van der Waals surface area contributed by atoms with Crippen molar-refractivity contribution in [3.8, 4) is 5.75 Å². The SMILES string of the molecule is CCCCS(=O)(=O)N1CCC[C@@H](C(=O)Nc2cc(C)ccc2O)C1. The van der Waals surface area contributed by atoms with Crippen LogP contribution in [-0.4, -0.2) is 42.6 Å². The van der Waals surface area contributed by atoms with Crippen molar-refractivity contribution in [2.45, 2.75) is 39.5 Å². The Morgan fingerprint density at radius 3 is 2.88 bits per heavy atom.